The summed E-state index contributed by atoms with van der Waals surface area (Å²) in [6.07, 6.45) is 5.82. The van der Waals surface area contributed by atoms with Crippen LogP contribution in [0, 0.1) is 0 Å². The first kappa shape index (κ1) is 14.3. The number of rotatable bonds is 7. The monoisotopic (exact) mass is 286 g/mol. The number of nitrogens with one attached hydrogen (secondary N) is 1. The second-order valence-electron chi connectivity index (χ2n) is 5.69. The second kappa shape index (κ2) is 6.41. The van der Waals surface area contributed by atoms with Crippen LogP contribution in [0.3, 0.4) is 0 Å². The van der Waals surface area contributed by atoms with Crippen LogP contribution in [0.4, 0.5) is 0 Å². The van der Waals surface area contributed by atoms with Gasteiger partial charge in [0.25, 0.3) is 0 Å². The molecule has 1 fully saturated rings. The van der Waals surface area contributed by atoms with Crippen LogP contribution in [-0.2, 0) is 11.3 Å². The highest BCUT2D eigenvalue weighted by Crippen LogP contribution is 2.24. The van der Waals surface area contributed by atoms with Gasteiger partial charge in [-0.1, -0.05) is 18.2 Å². The molecule has 112 valence electrons. The summed E-state index contributed by atoms with van der Waals surface area (Å²) in [7, 11) is 1.66. The van der Waals surface area contributed by atoms with Gasteiger partial charge in [0.15, 0.2) is 0 Å². The minimum atomic E-state index is 0.140. The lowest BCUT2D eigenvalue weighted by Gasteiger charge is -2.03. The highest BCUT2D eigenvalue weighted by molar-refractivity contribution is 5.94. The molecule has 0 unspecified atom stereocenters. The molecule has 0 atom stereocenters. The first-order valence-electron chi connectivity index (χ1n) is 7.64. The van der Waals surface area contributed by atoms with Crippen molar-refractivity contribution < 1.29 is 9.53 Å². The summed E-state index contributed by atoms with van der Waals surface area (Å²) < 4.78 is 6.82. The van der Waals surface area contributed by atoms with Crippen LogP contribution < -0.4 is 5.32 Å². The van der Waals surface area contributed by atoms with E-state index in [-0.39, 0.29) is 5.91 Å². The van der Waals surface area contributed by atoms with Crippen LogP contribution in [0.15, 0.2) is 30.5 Å². The Hall–Kier alpha value is -1.65. The van der Waals surface area contributed by atoms with Gasteiger partial charge in [-0.25, -0.2) is 0 Å². The second-order valence-corrected chi connectivity index (χ2v) is 5.69. The number of carbonyl (C=O) groups excluding carboxylic acids is 1. The fourth-order valence-corrected chi connectivity index (χ4v) is 2.63. The lowest BCUT2D eigenvalue weighted by Crippen LogP contribution is -2.15. The van der Waals surface area contributed by atoms with Gasteiger partial charge in [0.05, 0.1) is 5.52 Å². The Morgan fingerprint density at radius 3 is 2.95 bits per heavy atom. The molecule has 4 heteroatoms. The summed E-state index contributed by atoms with van der Waals surface area (Å²) in [5.41, 5.74) is 2.21. The molecule has 0 spiro atoms. The molecule has 1 saturated carbocycles. The van der Waals surface area contributed by atoms with E-state index in [0.717, 1.165) is 18.5 Å². The average molecular weight is 286 g/mol. The summed E-state index contributed by atoms with van der Waals surface area (Å²) in [5, 5.41) is 4.70. The SMILES string of the molecule is COCCCC(=O)n1cc(CNC2CC2)c2ccccc21. The molecule has 1 aliphatic rings. The van der Waals surface area contributed by atoms with Crippen LogP contribution >= 0.6 is 0 Å². The molecule has 1 aliphatic carbocycles. The van der Waals surface area contributed by atoms with E-state index in [4.69, 9.17) is 4.74 Å². The fraction of sp³-hybridized carbons (Fsp3) is 0.471. The number of hydrogen-bond donors (Lipinski definition) is 1. The van der Waals surface area contributed by atoms with Gasteiger partial charge in [-0.2, -0.15) is 0 Å². The highest BCUT2D eigenvalue weighted by atomic mass is 16.5. The van der Waals surface area contributed by atoms with Gasteiger partial charge in [0, 0.05) is 44.3 Å². The van der Waals surface area contributed by atoms with Crippen molar-refractivity contribution in [3.05, 3.63) is 36.0 Å². The van der Waals surface area contributed by atoms with Crippen LogP contribution in [0.5, 0.6) is 0 Å². The smallest absolute Gasteiger partial charge is 0.231 e. The molecule has 1 N–H and O–H groups in total. The number of methoxy groups -OCH3 is 1. The van der Waals surface area contributed by atoms with Crippen LogP contribution in [-0.4, -0.2) is 30.2 Å². The van der Waals surface area contributed by atoms with E-state index in [9.17, 15) is 4.79 Å². The number of hydrogen-bond acceptors (Lipinski definition) is 3. The van der Waals surface area contributed by atoms with Crippen LogP contribution in [0.2, 0.25) is 0 Å². The molecule has 1 heterocycles. The number of benzene rings is 1. The van der Waals surface area contributed by atoms with Gasteiger partial charge in [-0.3, -0.25) is 9.36 Å². The van der Waals surface area contributed by atoms with Crippen molar-refractivity contribution in [3.63, 3.8) is 0 Å². The lowest BCUT2D eigenvalue weighted by atomic mass is 10.2. The molecular formula is C17H22N2O2. The Kier molecular flexibility index (Phi) is 4.36. The molecule has 1 aromatic heterocycles. The Bertz CT molecular complexity index is 629. The predicted octanol–water partition coefficient (Wildman–Crippen LogP) is 2.96. The summed E-state index contributed by atoms with van der Waals surface area (Å²) in [4.78, 5) is 12.4. The third-order valence-corrected chi connectivity index (χ3v) is 3.96. The summed E-state index contributed by atoms with van der Waals surface area (Å²) in [5.74, 6) is 0.140. The maximum Gasteiger partial charge on any atom is 0.231 e. The lowest BCUT2D eigenvalue weighted by molar-refractivity contribution is 0.0888. The van der Waals surface area contributed by atoms with E-state index in [2.05, 4.69) is 11.4 Å². The van der Waals surface area contributed by atoms with Crippen molar-refractivity contribution in [2.24, 2.45) is 0 Å². The van der Waals surface area contributed by atoms with E-state index < -0.39 is 0 Å². The molecule has 0 amide bonds. The van der Waals surface area contributed by atoms with Gasteiger partial charge in [0.2, 0.25) is 5.91 Å². The molecule has 3 rings (SSSR count). The number of fused-ring (bicyclic) bond motifs is 1. The Labute approximate surface area is 125 Å². The minimum absolute atomic E-state index is 0.140. The van der Waals surface area contributed by atoms with E-state index >= 15 is 0 Å². The van der Waals surface area contributed by atoms with Crippen LogP contribution in [0.1, 0.15) is 36.0 Å². The zero-order valence-electron chi connectivity index (χ0n) is 12.5. The first-order valence-corrected chi connectivity index (χ1v) is 7.64. The Morgan fingerprint density at radius 2 is 2.19 bits per heavy atom. The molecule has 0 bridgehead atoms. The largest absolute Gasteiger partial charge is 0.385 e. The molecule has 2 aromatic rings. The number of para-hydroxylation sites is 1. The molecule has 0 aliphatic heterocycles. The molecule has 4 nitrogen and oxygen atoms in total. The van der Waals surface area contributed by atoms with Crippen molar-refractivity contribution in [1.82, 2.24) is 9.88 Å². The van der Waals surface area contributed by atoms with E-state index in [1.807, 2.05) is 24.4 Å². The van der Waals surface area contributed by atoms with Gasteiger partial charge in [-0.05, 0) is 30.9 Å². The van der Waals surface area contributed by atoms with Gasteiger partial charge >= 0.3 is 0 Å². The Balaban J connectivity index is 1.81. The summed E-state index contributed by atoms with van der Waals surface area (Å²) in [6, 6.07) is 8.80. The minimum Gasteiger partial charge on any atom is -0.385 e. The number of carbonyl (C=O) groups is 1. The molecule has 1 aromatic carbocycles. The van der Waals surface area contributed by atoms with Gasteiger partial charge in [0.1, 0.15) is 0 Å². The van der Waals surface area contributed by atoms with Crippen molar-refractivity contribution in [2.75, 3.05) is 13.7 Å². The fourth-order valence-electron chi connectivity index (χ4n) is 2.63. The highest BCUT2D eigenvalue weighted by Gasteiger charge is 2.21. The van der Waals surface area contributed by atoms with E-state index in [0.29, 0.717) is 19.1 Å². The first-order chi connectivity index (χ1) is 10.3. The summed E-state index contributed by atoms with van der Waals surface area (Å²) in [6.45, 7) is 1.46. The Morgan fingerprint density at radius 1 is 1.38 bits per heavy atom. The molecule has 0 saturated heterocycles. The maximum atomic E-state index is 12.4. The number of aromatic nitrogens is 1. The topological polar surface area (TPSA) is 43.3 Å². The van der Waals surface area contributed by atoms with Crippen molar-refractivity contribution >= 4 is 16.8 Å². The van der Waals surface area contributed by atoms with Crippen molar-refractivity contribution in [2.45, 2.75) is 38.3 Å². The predicted molar refractivity (Wildman–Crippen MR) is 83.5 cm³/mol. The quantitative estimate of drug-likeness (QED) is 0.796. The molecular weight excluding hydrogens is 264 g/mol. The third kappa shape index (κ3) is 3.34. The van der Waals surface area contributed by atoms with Crippen molar-refractivity contribution in [1.29, 1.82) is 0 Å². The summed E-state index contributed by atoms with van der Waals surface area (Å²) >= 11 is 0. The third-order valence-electron chi connectivity index (χ3n) is 3.96. The molecule has 21 heavy (non-hydrogen) atoms. The van der Waals surface area contributed by atoms with E-state index in [1.54, 1.807) is 11.7 Å². The van der Waals surface area contributed by atoms with Crippen LogP contribution in [0.25, 0.3) is 10.9 Å². The zero-order chi connectivity index (χ0) is 14.7. The zero-order valence-corrected chi connectivity index (χ0v) is 12.5. The van der Waals surface area contributed by atoms with Gasteiger partial charge < -0.3 is 10.1 Å². The number of nitrogens with zero attached hydrogens (tertiary/aromatic N) is 1. The van der Waals surface area contributed by atoms with E-state index in [1.165, 1.54) is 23.8 Å². The normalized spacial score (nSPS) is 14.7. The number of ether oxygens (including phenoxy) is 1. The maximum absolute atomic E-state index is 12.4. The standard InChI is InChI=1S/C17H22N2O2/c1-21-10-4-7-17(20)19-12-13(11-18-14-8-9-14)15-5-2-3-6-16(15)19/h2-3,5-6,12,14,18H,4,7-11H2,1H3. The van der Waals surface area contributed by atoms with Gasteiger partial charge in [-0.15, -0.1) is 0 Å². The molecule has 0 radical (unpaired) electrons. The van der Waals surface area contributed by atoms with Crippen molar-refractivity contribution in [3.8, 4) is 0 Å². The average Bonchev–Trinajstić information content (AvgIpc) is 3.26.